The van der Waals surface area contributed by atoms with E-state index in [-0.39, 0.29) is 4.75 Å². The molecule has 2 rings (SSSR count). The molecule has 1 saturated heterocycles. The van der Waals surface area contributed by atoms with Crippen molar-refractivity contribution in [2.75, 3.05) is 18.0 Å². The van der Waals surface area contributed by atoms with E-state index in [9.17, 15) is 0 Å². The SMILES string of the molecule is Cc1nc(N2CCCCC2)ccc1SC(C)(C)C. The minimum Gasteiger partial charge on any atom is -0.357 e. The summed E-state index contributed by atoms with van der Waals surface area (Å²) in [5.41, 5.74) is 1.16. The zero-order chi connectivity index (χ0) is 13.2. The fourth-order valence-corrected chi connectivity index (χ4v) is 3.26. The lowest BCUT2D eigenvalue weighted by molar-refractivity contribution is 0.572. The lowest BCUT2D eigenvalue weighted by Crippen LogP contribution is -2.30. The number of piperidine rings is 1. The van der Waals surface area contributed by atoms with Crippen LogP contribution < -0.4 is 4.90 Å². The third-order valence-corrected chi connectivity index (χ3v) is 4.38. The first-order chi connectivity index (χ1) is 8.46. The van der Waals surface area contributed by atoms with Gasteiger partial charge in [0.2, 0.25) is 0 Å². The highest BCUT2D eigenvalue weighted by molar-refractivity contribution is 8.00. The van der Waals surface area contributed by atoms with Gasteiger partial charge in [-0.25, -0.2) is 4.98 Å². The number of hydrogen-bond donors (Lipinski definition) is 0. The average molecular weight is 264 g/mol. The van der Waals surface area contributed by atoms with Crippen LogP contribution >= 0.6 is 11.8 Å². The minimum absolute atomic E-state index is 0.249. The van der Waals surface area contributed by atoms with Crippen molar-refractivity contribution in [3.05, 3.63) is 17.8 Å². The topological polar surface area (TPSA) is 16.1 Å². The maximum absolute atomic E-state index is 4.79. The van der Waals surface area contributed by atoms with Crippen LogP contribution in [0.2, 0.25) is 0 Å². The normalized spacial score (nSPS) is 17.0. The summed E-state index contributed by atoms with van der Waals surface area (Å²) in [6.45, 7) is 11.2. The number of pyridine rings is 1. The van der Waals surface area contributed by atoms with Crippen molar-refractivity contribution in [3.8, 4) is 0 Å². The first-order valence-electron chi connectivity index (χ1n) is 6.87. The van der Waals surface area contributed by atoms with Gasteiger partial charge in [-0.15, -0.1) is 11.8 Å². The zero-order valence-corrected chi connectivity index (χ0v) is 12.8. The molecule has 0 amide bonds. The molecule has 2 nitrogen and oxygen atoms in total. The summed E-state index contributed by atoms with van der Waals surface area (Å²) in [6, 6.07) is 4.43. The van der Waals surface area contributed by atoms with Crippen molar-refractivity contribution >= 4 is 17.6 Å². The molecule has 0 spiro atoms. The van der Waals surface area contributed by atoms with Crippen molar-refractivity contribution in [2.24, 2.45) is 0 Å². The number of aromatic nitrogens is 1. The highest BCUT2D eigenvalue weighted by Gasteiger charge is 2.16. The Kier molecular flexibility index (Phi) is 4.21. The molecule has 18 heavy (non-hydrogen) atoms. The van der Waals surface area contributed by atoms with Crippen LogP contribution in [0.4, 0.5) is 5.82 Å². The van der Waals surface area contributed by atoms with Crippen LogP contribution in [0.1, 0.15) is 45.7 Å². The van der Waals surface area contributed by atoms with E-state index in [1.807, 2.05) is 11.8 Å². The van der Waals surface area contributed by atoms with Gasteiger partial charge in [0.05, 0.1) is 5.69 Å². The van der Waals surface area contributed by atoms with Gasteiger partial charge in [0.15, 0.2) is 0 Å². The molecule has 0 N–H and O–H groups in total. The van der Waals surface area contributed by atoms with E-state index < -0.39 is 0 Å². The number of rotatable bonds is 2. The molecule has 0 aliphatic carbocycles. The van der Waals surface area contributed by atoms with E-state index in [1.54, 1.807) is 0 Å². The second-order valence-corrected chi connectivity index (χ2v) is 7.88. The van der Waals surface area contributed by atoms with Crippen LogP contribution in [0.3, 0.4) is 0 Å². The highest BCUT2D eigenvalue weighted by Crippen LogP contribution is 2.34. The van der Waals surface area contributed by atoms with E-state index in [2.05, 4.69) is 44.7 Å². The molecule has 3 heteroatoms. The Morgan fingerprint density at radius 3 is 2.33 bits per heavy atom. The second-order valence-electron chi connectivity index (χ2n) is 6.02. The van der Waals surface area contributed by atoms with Gasteiger partial charge < -0.3 is 4.90 Å². The van der Waals surface area contributed by atoms with Gasteiger partial charge >= 0.3 is 0 Å². The predicted molar refractivity (Wildman–Crippen MR) is 80.6 cm³/mol. The molecular formula is C15H24N2S. The van der Waals surface area contributed by atoms with E-state index in [1.165, 1.54) is 24.2 Å². The van der Waals surface area contributed by atoms with Gasteiger partial charge in [0, 0.05) is 22.7 Å². The van der Waals surface area contributed by atoms with Gasteiger partial charge in [-0.3, -0.25) is 0 Å². The smallest absolute Gasteiger partial charge is 0.128 e. The number of nitrogens with zero attached hydrogens (tertiary/aromatic N) is 2. The quantitative estimate of drug-likeness (QED) is 0.742. The Morgan fingerprint density at radius 2 is 1.78 bits per heavy atom. The van der Waals surface area contributed by atoms with Crippen LogP contribution in [0.25, 0.3) is 0 Å². The number of aryl methyl sites for hydroxylation is 1. The molecule has 1 aliphatic rings. The van der Waals surface area contributed by atoms with Crippen LogP contribution in [0, 0.1) is 6.92 Å². The molecule has 0 atom stereocenters. The van der Waals surface area contributed by atoms with Gasteiger partial charge in [0.25, 0.3) is 0 Å². The van der Waals surface area contributed by atoms with Crippen LogP contribution in [0.5, 0.6) is 0 Å². The van der Waals surface area contributed by atoms with Crippen molar-refractivity contribution in [1.82, 2.24) is 4.98 Å². The standard InChI is InChI=1S/C15H24N2S/c1-12-13(18-15(2,3)4)8-9-14(16-12)17-10-6-5-7-11-17/h8-9H,5-7,10-11H2,1-4H3. The summed E-state index contributed by atoms with van der Waals surface area (Å²) in [6.07, 6.45) is 3.98. The minimum atomic E-state index is 0.249. The van der Waals surface area contributed by atoms with E-state index in [0.29, 0.717) is 0 Å². The molecule has 0 radical (unpaired) electrons. The largest absolute Gasteiger partial charge is 0.357 e. The Labute approximate surface area is 115 Å². The lowest BCUT2D eigenvalue weighted by Gasteiger charge is -2.28. The molecule has 1 fully saturated rings. The number of hydrogen-bond acceptors (Lipinski definition) is 3. The molecule has 2 heterocycles. The molecule has 0 unspecified atom stereocenters. The molecule has 1 aliphatic heterocycles. The number of thioether (sulfide) groups is 1. The number of anilines is 1. The van der Waals surface area contributed by atoms with Gasteiger partial charge in [-0.2, -0.15) is 0 Å². The molecule has 1 aromatic heterocycles. The lowest BCUT2D eigenvalue weighted by atomic mass is 10.1. The second kappa shape index (κ2) is 5.52. The fraction of sp³-hybridized carbons (Fsp3) is 0.667. The maximum Gasteiger partial charge on any atom is 0.128 e. The maximum atomic E-state index is 4.79. The fourth-order valence-electron chi connectivity index (χ4n) is 2.27. The van der Waals surface area contributed by atoms with E-state index in [0.717, 1.165) is 24.6 Å². The summed E-state index contributed by atoms with van der Waals surface area (Å²) in [7, 11) is 0. The molecule has 100 valence electrons. The summed E-state index contributed by atoms with van der Waals surface area (Å²) in [4.78, 5) is 8.51. The third kappa shape index (κ3) is 3.64. The Balaban J connectivity index is 2.13. The van der Waals surface area contributed by atoms with Crippen molar-refractivity contribution in [2.45, 2.75) is 56.6 Å². The Bertz CT molecular complexity index is 403. The van der Waals surface area contributed by atoms with Gasteiger partial charge in [-0.05, 0) is 38.3 Å². The predicted octanol–water partition coefficient (Wildman–Crippen LogP) is 4.27. The van der Waals surface area contributed by atoms with Crippen molar-refractivity contribution < 1.29 is 0 Å². The van der Waals surface area contributed by atoms with Gasteiger partial charge in [0.1, 0.15) is 5.82 Å². The van der Waals surface area contributed by atoms with Crippen LogP contribution in [-0.2, 0) is 0 Å². The average Bonchev–Trinajstić information content (AvgIpc) is 2.31. The van der Waals surface area contributed by atoms with Crippen molar-refractivity contribution in [1.29, 1.82) is 0 Å². The molecule has 0 saturated carbocycles. The molecule has 0 aromatic carbocycles. The third-order valence-electron chi connectivity index (χ3n) is 3.12. The summed E-state index contributed by atoms with van der Waals surface area (Å²) >= 11 is 1.90. The first kappa shape index (κ1) is 13.7. The summed E-state index contributed by atoms with van der Waals surface area (Å²) < 4.78 is 0.249. The summed E-state index contributed by atoms with van der Waals surface area (Å²) in [5.74, 6) is 1.16. The van der Waals surface area contributed by atoms with Crippen LogP contribution in [0.15, 0.2) is 17.0 Å². The van der Waals surface area contributed by atoms with E-state index in [4.69, 9.17) is 4.98 Å². The van der Waals surface area contributed by atoms with Crippen LogP contribution in [-0.4, -0.2) is 22.8 Å². The molecular weight excluding hydrogens is 240 g/mol. The van der Waals surface area contributed by atoms with Crippen molar-refractivity contribution in [3.63, 3.8) is 0 Å². The highest BCUT2D eigenvalue weighted by atomic mass is 32.2. The Morgan fingerprint density at radius 1 is 1.11 bits per heavy atom. The Hall–Kier alpha value is -0.700. The van der Waals surface area contributed by atoms with Gasteiger partial charge in [-0.1, -0.05) is 20.8 Å². The molecule has 0 bridgehead atoms. The zero-order valence-electron chi connectivity index (χ0n) is 12.0. The summed E-state index contributed by atoms with van der Waals surface area (Å²) in [5, 5.41) is 0. The first-order valence-corrected chi connectivity index (χ1v) is 7.69. The van der Waals surface area contributed by atoms with E-state index >= 15 is 0 Å². The molecule has 1 aromatic rings. The monoisotopic (exact) mass is 264 g/mol.